The van der Waals surface area contributed by atoms with Crippen molar-refractivity contribution >= 4 is 17.8 Å². The number of alkyl halides is 3. The van der Waals surface area contributed by atoms with Crippen LogP contribution < -0.4 is 4.90 Å². The van der Waals surface area contributed by atoms with Gasteiger partial charge in [0.25, 0.3) is 0 Å². The van der Waals surface area contributed by atoms with Crippen LogP contribution in [0.2, 0.25) is 0 Å². The Balaban J connectivity index is 0.000000321. The van der Waals surface area contributed by atoms with Crippen molar-refractivity contribution in [1.29, 1.82) is 0 Å². The highest BCUT2D eigenvalue weighted by Gasteiger charge is 2.51. The fourth-order valence-electron chi connectivity index (χ4n) is 3.06. The molecule has 0 aliphatic carbocycles. The van der Waals surface area contributed by atoms with E-state index in [2.05, 4.69) is 14.9 Å². The highest BCUT2D eigenvalue weighted by atomic mass is 19.4. The summed E-state index contributed by atoms with van der Waals surface area (Å²) < 4.78 is 36.9. The minimum Gasteiger partial charge on any atom is -0.475 e. The molecule has 3 heterocycles. The molecule has 1 atom stereocenters. The van der Waals surface area contributed by atoms with Gasteiger partial charge in [-0.05, 0) is 25.8 Å². The average Bonchev–Trinajstić information content (AvgIpc) is 3.07. The predicted octanol–water partition coefficient (Wildman–Crippen LogP) is 1.33. The monoisotopic (exact) mass is 390 g/mol. The Labute approximate surface area is 153 Å². The number of carboxylic acid groups (broad SMARTS) is 1. The number of halogens is 3. The van der Waals surface area contributed by atoms with Crippen molar-refractivity contribution in [2.24, 2.45) is 0 Å². The first kappa shape index (κ1) is 20.9. The van der Waals surface area contributed by atoms with Crippen molar-refractivity contribution in [3.63, 3.8) is 0 Å². The Bertz CT molecular complexity index is 659. The molecule has 2 fully saturated rings. The number of likely N-dealkylation sites (tertiary alicyclic amines) is 1. The highest BCUT2D eigenvalue weighted by molar-refractivity contribution is 5.78. The van der Waals surface area contributed by atoms with Crippen molar-refractivity contribution < 1.29 is 32.6 Å². The number of amides is 1. The molecule has 0 saturated carbocycles. The molecular weight excluding hydrogens is 369 g/mol. The van der Waals surface area contributed by atoms with Crippen LogP contribution in [0.15, 0.2) is 18.5 Å². The number of aliphatic carboxylic acids is 1. The van der Waals surface area contributed by atoms with E-state index in [4.69, 9.17) is 14.6 Å². The molecule has 1 amide bonds. The van der Waals surface area contributed by atoms with E-state index in [-0.39, 0.29) is 18.1 Å². The van der Waals surface area contributed by atoms with Gasteiger partial charge in [0.15, 0.2) is 0 Å². The number of ether oxygens (including phenoxy) is 1. The van der Waals surface area contributed by atoms with Crippen LogP contribution in [0.1, 0.15) is 19.8 Å². The summed E-state index contributed by atoms with van der Waals surface area (Å²) in [5.74, 6) is -1.89. The maximum atomic E-state index is 12.0. The van der Waals surface area contributed by atoms with Gasteiger partial charge in [0, 0.05) is 38.6 Å². The van der Waals surface area contributed by atoms with E-state index in [1.807, 2.05) is 17.9 Å². The van der Waals surface area contributed by atoms with Crippen LogP contribution >= 0.6 is 0 Å². The number of aromatic nitrogens is 2. The van der Waals surface area contributed by atoms with Crippen molar-refractivity contribution in [2.75, 3.05) is 37.7 Å². The maximum Gasteiger partial charge on any atom is 0.490 e. The Morgan fingerprint density at radius 1 is 1.26 bits per heavy atom. The molecule has 1 aromatic rings. The average molecular weight is 390 g/mol. The first-order valence-corrected chi connectivity index (χ1v) is 8.40. The van der Waals surface area contributed by atoms with Crippen LogP contribution in [0.4, 0.5) is 19.1 Å². The van der Waals surface area contributed by atoms with Gasteiger partial charge in [-0.2, -0.15) is 13.2 Å². The number of carboxylic acids is 1. The minimum atomic E-state index is -5.08. The van der Waals surface area contributed by atoms with Crippen molar-refractivity contribution in [3.8, 4) is 0 Å². The van der Waals surface area contributed by atoms with Crippen LogP contribution in [-0.4, -0.2) is 76.4 Å². The summed E-state index contributed by atoms with van der Waals surface area (Å²) in [5.41, 5.74) is 0.0449. The summed E-state index contributed by atoms with van der Waals surface area (Å²) in [5, 5.41) is 7.12. The zero-order chi connectivity index (χ0) is 20.1. The van der Waals surface area contributed by atoms with E-state index < -0.39 is 12.1 Å². The third-order valence-electron chi connectivity index (χ3n) is 4.52. The van der Waals surface area contributed by atoms with E-state index >= 15 is 0 Å². The van der Waals surface area contributed by atoms with Crippen molar-refractivity contribution in [2.45, 2.75) is 31.5 Å². The van der Waals surface area contributed by atoms with Gasteiger partial charge in [-0.15, -0.1) is 0 Å². The predicted molar refractivity (Wildman–Crippen MR) is 88.1 cm³/mol. The number of carbonyl (C=O) groups excluding carboxylic acids is 1. The molecule has 1 unspecified atom stereocenters. The SMILES string of the molecule is CCOCC(=O)N1CCC2(CCN2c2ncccn2)C1.O=C(O)C(F)(F)F. The standard InChI is InChI=1S/C14H20N4O2.C2HF3O2/c1-2-20-10-12(19)17-8-4-14(11-17)5-9-18(14)13-15-6-3-7-16-13;3-2(4,5)1(6)7/h3,6-7H,2,4-5,8-11H2,1H3;(H,6,7). The molecule has 8 nitrogen and oxygen atoms in total. The topological polar surface area (TPSA) is 95.9 Å². The number of hydrogen-bond donors (Lipinski definition) is 1. The first-order chi connectivity index (χ1) is 12.7. The zero-order valence-electron chi connectivity index (χ0n) is 14.8. The second-order valence-electron chi connectivity index (χ2n) is 6.18. The van der Waals surface area contributed by atoms with E-state index in [9.17, 15) is 18.0 Å². The lowest BCUT2D eigenvalue weighted by molar-refractivity contribution is -0.192. The van der Waals surface area contributed by atoms with Gasteiger partial charge in [0.05, 0.1) is 5.54 Å². The van der Waals surface area contributed by atoms with Crippen LogP contribution in [0.3, 0.4) is 0 Å². The molecule has 0 aromatic carbocycles. The van der Waals surface area contributed by atoms with E-state index in [0.717, 1.165) is 38.4 Å². The van der Waals surface area contributed by atoms with Gasteiger partial charge in [-0.3, -0.25) is 4.79 Å². The molecule has 150 valence electrons. The van der Waals surface area contributed by atoms with Gasteiger partial charge in [-0.25, -0.2) is 14.8 Å². The Morgan fingerprint density at radius 2 is 1.85 bits per heavy atom. The second kappa shape index (κ2) is 8.51. The third kappa shape index (κ3) is 5.06. The second-order valence-corrected chi connectivity index (χ2v) is 6.18. The molecule has 1 aromatic heterocycles. The minimum absolute atomic E-state index is 0.0449. The van der Waals surface area contributed by atoms with Crippen molar-refractivity contribution in [3.05, 3.63) is 18.5 Å². The summed E-state index contributed by atoms with van der Waals surface area (Å²) in [6.45, 7) is 5.20. The van der Waals surface area contributed by atoms with E-state index in [1.54, 1.807) is 12.4 Å². The third-order valence-corrected chi connectivity index (χ3v) is 4.52. The molecule has 3 rings (SSSR count). The number of carbonyl (C=O) groups is 2. The molecule has 2 aliphatic rings. The number of hydrogen-bond acceptors (Lipinski definition) is 6. The molecular formula is C16H21F3N4O4. The summed E-state index contributed by atoms with van der Waals surface area (Å²) in [6, 6.07) is 1.82. The van der Waals surface area contributed by atoms with E-state index in [1.165, 1.54) is 0 Å². The lowest BCUT2D eigenvalue weighted by Crippen LogP contribution is -2.62. The molecule has 0 bridgehead atoms. The molecule has 27 heavy (non-hydrogen) atoms. The van der Waals surface area contributed by atoms with Gasteiger partial charge >= 0.3 is 12.1 Å². The maximum absolute atomic E-state index is 12.0. The fourth-order valence-corrected chi connectivity index (χ4v) is 3.06. The first-order valence-electron chi connectivity index (χ1n) is 8.40. The highest BCUT2D eigenvalue weighted by Crippen LogP contribution is 2.40. The molecule has 0 radical (unpaired) electrons. The van der Waals surface area contributed by atoms with Crippen LogP contribution in [0.25, 0.3) is 0 Å². The Morgan fingerprint density at radius 3 is 2.33 bits per heavy atom. The quantitative estimate of drug-likeness (QED) is 0.829. The van der Waals surface area contributed by atoms with E-state index in [0.29, 0.717) is 6.61 Å². The zero-order valence-corrected chi connectivity index (χ0v) is 14.8. The number of nitrogens with zero attached hydrogens (tertiary/aromatic N) is 4. The smallest absolute Gasteiger partial charge is 0.475 e. The van der Waals surface area contributed by atoms with Gasteiger partial charge < -0.3 is 19.6 Å². The number of anilines is 1. The van der Waals surface area contributed by atoms with Crippen LogP contribution in [-0.2, 0) is 14.3 Å². The summed E-state index contributed by atoms with van der Waals surface area (Å²) >= 11 is 0. The number of rotatable bonds is 4. The largest absolute Gasteiger partial charge is 0.490 e. The van der Waals surface area contributed by atoms with Gasteiger partial charge in [-0.1, -0.05) is 0 Å². The summed E-state index contributed by atoms with van der Waals surface area (Å²) in [7, 11) is 0. The van der Waals surface area contributed by atoms with Crippen LogP contribution in [0, 0.1) is 0 Å². The summed E-state index contributed by atoms with van der Waals surface area (Å²) in [6.07, 6.45) is 0.537. The normalized spacial score (nSPS) is 21.5. The Hall–Kier alpha value is -2.43. The molecule has 1 N–H and O–H groups in total. The fraction of sp³-hybridized carbons (Fsp3) is 0.625. The molecule has 2 aliphatic heterocycles. The molecule has 1 spiro atoms. The van der Waals surface area contributed by atoms with Gasteiger partial charge in [0.1, 0.15) is 6.61 Å². The molecule has 11 heteroatoms. The summed E-state index contributed by atoms with van der Waals surface area (Å²) in [4.78, 5) is 33.7. The lowest BCUT2D eigenvalue weighted by Gasteiger charge is -2.50. The molecule has 2 saturated heterocycles. The van der Waals surface area contributed by atoms with Crippen molar-refractivity contribution in [1.82, 2.24) is 14.9 Å². The Kier molecular flexibility index (Phi) is 6.58. The van der Waals surface area contributed by atoms with Crippen LogP contribution in [0.5, 0.6) is 0 Å². The lowest BCUT2D eigenvalue weighted by atomic mass is 9.84. The van der Waals surface area contributed by atoms with Gasteiger partial charge in [0.2, 0.25) is 11.9 Å².